The van der Waals surface area contributed by atoms with E-state index in [0.29, 0.717) is 0 Å². The number of nitrogens with one attached hydrogen (secondary N) is 1. The smallest absolute Gasteiger partial charge is 0.241 e. The van der Waals surface area contributed by atoms with Crippen molar-refractivity contribution in [2.45, 2.75) is 42.0 Å². The van der Waals surface area contributed by atoms with Gasteiger partial charge < -0.3 is 4.74 Å². The van der Waals surface area contributed by atoms with E-state index >= 15 is 0 Å². The molecule has 0 aliphatic carbocycles. The first-order valence-electron chi connectivity index (χ1n) is 8.86. The highest BCUT2D eigenvalue weighted by atomic mass is 35.5. The van der Waals surface area contributed by atoms with Crippen molar-refractivity contribution in [3.8, 4) is 11.5 Å². The lowest BCUT2D eigenvalue weighted by Gasteiger charge is -2.18. The monoisotopic (exact) mass is 477 g/mol. The first kappa shape index (κ1) is 24.1. The van der Waals surface area contributed by atoms with E-state index in [4.69, 9.17) is 16.3 Å². The molecule has 7 nitrogen and oxygen atoms in total. The van der Waals surface area contributed by atoms with Gasteiger partial charge in [0.1, 0.15) is 32.2 Å². The second-order valence-corrected chi connectivity index (χ2v) is 11.5. The van der Waals surface area contributed by atoms with Crippen LogP contribution in [0.3, 0.4) is 0 Å². The van der Waals surface area contributed by atoms with E-state index in [2.05, 4.69) is 0 Å². The number of carbonyl (C=O) groups is 1. The number of benzene rings is 2. The van der Waals surface area contributed by atoms with Crippen LogP contribution >= 0.6 is 11.6 Å². The largest absolute Gasteiger partial charge is 0.456 e. The van der Waals surface area contributed by atoms with Crippen molar-refractivity contribution in [2.75, 3.05) is 0 Å². The summed E-state index contributed by atoms with van der Waals surface area (Å²) in [5.74, 6) is -1.74. The molecule has 30 heavy (non-hydrogen) atoms. The molecule has 0 aliphatic heterocycles. The van der Waals surface area contributed by atoms with Crippen LogP contribution < -0.4 is 9.46 Å². The highest BCUT2D eigenvalue weighted by Gasteiger charge is 2.28. The van der Waals surface area contributed by atoms with Crippen molar-refractivity contribution in [1.29, 1.82) is 0 Å². The first-order valence-corrected chi connectivity index (χ1v) is 12.4. The molecule has 11 heteroatoms. The summed E-state index contributed by atoms with van der Waals surface area (Å²) in [6.07, 6.45) is 0.0558. The Morgan fingerprint density at radius 3 is 2.37 bits per heavy atom. The SMILES string of the molecule is CCC(c1cc(F)cc(Oc2ccccc2S(=O)(=O)C(C)Cl)c1)S(=O)(=O)NC(C)=O. The normalized spacial score (nSPS) is 14.0. The van der Waals surface area contributed by atoms with Gasteiger partial charge in [-0.1, -0.05) is 19.1 Å². The van der Waals surface area contributed by atoms with Gasteiger partial charge in [0.15, 0.2) is 9.84 Å². The molecule has 0 aromatic heterocycles. The number of sulfonamides is 1. The fraction of sp³-hybridized carbons (Fsp3) is 0.316. The van der Waals surface area contributed by atoms with Gasteiger partial charge in [0.2, 0.25) is 15.9 Å². The summed E-state index contributed by atoms with van der Waals surface area (Å²) in [5, 5.41) is -1.22. The minimum absolute atomic E-state index is 0.0484. The van der Waals surface area contributed by atoms with Crippen LogP contribution in [0, 0.1) is 5.82 Å². The molecule has 1 amide bonds. The van der Waals surface area contributed by atoms with E-state index in [-0.39, 0.29) is 28.4 Å². The number of amides is 1. The molecule has 0 saturated carbocycles. The molecule has 0 fully saturated rings. The van der Waals surface area contributed by atoms with Gasteiger partial charge in [-0.25, -0.2) is 21.2 Å². The van der Waals surface area contributed by atoms with Gasteiger partial charge >= 0.3 is 0 Å². The maximum Gasteiger partial charge on any atom is 0.241 e. The number of alkyl halides is 1. The van der Waals surface area contributed by atoms with Crippen molar-refractivity contribution in [1.82, 2.24) is 4.72 Å². The van der Waals surface area contributed by atoms with Crippen molar-refractivity contribution >= 4 is 37.4 Å². The summed E-state index contributed by atoms with van der Waals surface area (Å²) in [5.41, 5.74) is 0.0484. The van der Waals surface area contributed by atoms with Gasteiger partial charge in [-0.2, -0.15) is 0 Å². The molecule has 0 spiro atoms. The van der Waals surface area contributed by atoms with E-state index in [9.17, 15) is 26.0 Å². The number of halogens is 2. The van der Waals surface area contributed by atoms with Crippen molar-refractivity contribution in [2.24, 2.45) is 0 Å². The van der Waals surface area contributed by atoms with Crippen LogP contribution in [0.5, 0.6) is 11.5 Å². The summed E-state index contributed by atoms with van der Waals surface area (Å²) in [7, 11) is -8.01. The highest BCUT2D eigenvalue weighted by molar-refractivity contribution is 7.93. The molecule has 0 radical (unpaired) electrons. The van der Waals surface area contributed by atoms with E-state index in [1.54, 1.807) is 6.92 Å². The Balaban J connectivity index is 2.51. The van der Waals surface area contributed by atoms with Crippen molar-refractivity contribution < 1.29 is 30.8 Å². The zero-order valence-corrected chi connectivity index (χ0v) is 18.8. The van der Waals surface area contributed by atoms with E-state index in [1.165, 1.54) is 37.3 Å². The number of hydrogen-bond acceptors (Lipinski definition) is 6. The van der Waals surface area contributed by atoms with Crippen LogP contribution in [0.25, 0.3) is 0 Å². The van der Waals surface area contributed by atoms with Crippen LogP contribution in [-0.4, -0.2) is 27.5 Å². The van der Waals surface area contributed by atoms with Crippen LogP contribution in [0.15, 0.2) is 47.4 Å². The molecule has 2 atom stereocenters. The molecule has 0 aliphatic rings. The van der Waals surface area contributed by atoms with Gasteiger partial charge in [0, 0.05) is 13.0 Å². The molecule has 0 saturated heterocycles. The topological polar surface area (TPSA) is 107 Å². The van der Waals surface area contributed by atoms with Gasteiger partial charge in [-0.3, -0.25) is 9.52 Å². The molecule has 2 aromatic rings. The molecule has 164 valence electrons. The Kier molecular flexibility index (Phi) is 7.49. The summed E-state index contributed by atoms with van der Waals surface area (Å²) in [6, 6.07) is 9.00. The molecule has 2 aromatic carbocycles. The van der Waals surface area contributed by atoms with Crippen molar-refractivity contribution in [3.05, 3.63) is 53.8 Å². The maximum atomic E-state index is 14.2. The molecule has 0 bridgehead atoms. The average Bonchev–Trinajstić information content (AvgIpc) is 2.60. The average molecular weight is 478 g/mol. The zero-order valence-electron chi connectivity index (χ0n) is 16.4. The number of para-hydroxylation sites is 1. The molecular weight excluding hydrogens is 457 g/mol. The summed E-state index contributed by atoms with van der Waals surface area (Å²) in [4.78, 5) is 11.0. The summed E-state index contributed by atoms with van der Waals surface area (Å²) in [6.45, 7) is 3.92. The highest BCUT2D eigenvalue weighted by Crippen LogP contribution is 2.34. The standard InChI is InChI=1S/C19H21ClFNO6S2/c1-4-18(30(26,27)22-13(3)23)14-9-15(21)11-16(10-14)28-17-7-5-6-8-19(17)29(24,25)12(2)20/h5-12,18H,4H2,1-3H3,(H,22,23). The minimum Gasteiger partial charge on any atom is -0.456 e. The van der Waals surface area contributed by atoms with Crippen molar-refractivity contribution in [3.63, 3.8) is 0 Å². The number of carbonyl (C=O) groups excluding carboxylic acids is 1. The van der Waals surface area contributed by atoms with Crippen LogP contribution in [0.1, 0.15) is 38.0 Å². The zero-order chi connectivity index (χ0) is 22.7. The van der Waals surface area contributed by atoms with Gasteiger partial charge in [-0.15, -0.1) is 11.6 Å². The minimum atomic E-state index is -4.11. The lowest BCUT2D eigenvalue weighted by Crippen LogP contribution is -2.32. The van der Waals surface area contributed by atoms with Gasteiger partial charge in [-0.05, 0) is 43.2 Å². The fourth-order valence-corrected chi connectivity index (χ4v) is 5.58. The third-order valence-electron chi connectivity index (χ3n) is 4.11. The second kappa shape index (κ2) is 9.32. The summed E-state index contributed by atoms with van der Waals surface area (Å²) < 4.78 is 70.3. The van der Waals surface area contributed by atoms with E-state index < -0.39 is 41.5 Å². The number of hydrogen-bond donors (Lipinski definition) is 1. The fourth-order valence-electron chi connectivity index (χ4n) is 2.81. The molecule has 2 rings (SSSR count). The predicted octanol–water partition coefficient (Wildman–Crippen LogP) is 3.89. The molecular formula is C19H21ClFNO6S2. The maximum absolute atomic E-state index is 14.2. The van der Waals surface area contributed by atoms with Crippen LogP contribution in [0.2, 0.25) is 0 Å². The number of rotatable bonds is 8. The first-order chi connectivity index (χ1) is 13.9. The predicted molar refractivity (Wildman–Crippen MR) is 111 cm³/mol. The third-order valence-corrected chi connectivity index (χ3v) is 8.54. The Morgan fingerprint density at radius 1 is 1.17 bits per heavy atom. The number of sulfone groups is 1. The summed E-state index contributed by atoms with van der Waals surface area (Å²) >= 11 is 5.78. The Hall–Kier alpha value is -2.17. The Labute approximate surface area is 180 Å². The Morgan fingerprint density at radius 2 is 1.80 bits per heavy atom. The van der Waals surface area contributed by atoms with Crippen LogP contribution in [0.4, 0.5) is 4.39 Å². The quantitative estimate of drug-likeness (QED) is 0.578. The van der Waals surface area contributed by atoms with Crippen LogP contribution in [-0.2, 0) is 24.7 Å². The van der Waals surface area contributed by atoms with E-state index in [0.717, 1.165) is 19.1 Å². The number of ether oxygens (including phenoxy) is 1. The third kappa shape index (κ3) is 5.50. The lowest BCUT2D eigenvalue weighted by molar-refractivity contribution is -0.117. The molecule has 0 heterocycles. The Bertz CT molecular complexity index is 1150. The second-order valence-electron chi connectivity index (χ2n) is 6.46. The molecule has 2 unspecified atom stereocenters. The lowest BCUT2D eigenvalue weighted by atomic mass is 10.1. The van der Waals surface area contributed by atoms with Gasteiger partial charge in [0.05, 0.1) is 0 Å². The molecule has 1 N–H and O–H groups in total. The van der Waals surface area contributed by atoms with E-state index in [1.807, 2.05) is 4.72 Å². The van der Waals surface area contributed by atoms with Gasteiger partial charge in [0.25, 0.3) is 0 Å².